The Labute approximate surface area is 177 Å². The lowest BCUT2D eigenvalue weighted by Crippen LogP contribution is -2.42. The van der Waals surface area contributed by atoms with Gasteiger partial charge >= 0.3 is 0 Å². The smallest absolute Gasteiger partial charge is 0.231 e. The molecular weight excluding hydrogens is 410 g/mol. The van der Waals surface area contributed by atoms with Gasteiger partial charge < -0.3 is 24.4 Å². The molecule has 0 bridgehead atoms. The average molecular weight is 440 g/mol. The number of anilines is 1. The average Bonchev–Trinajstić information content (AvgIpc) is 3.23. The Morgan fingerprint density at radius 2 is 1.87 bits per heavy atom. The Morgan fingerprint density at radius 3 is 2.53 bits per heavy atom. The van der Waals surface area contributed by atoms with E-state index in [1.165, 1.54) is 4.31 Å². The van der Waals surface area contributed by atoms with E-state index >= 15 is 0 Å². The molecule has 0 aliphatic carbocycles. The number of sulfonamides is 1. The molecule has 1 aromatic rings. The summed E-state index contributed by atoms with van der Waals surface area (Å²) >= 11 is 0. The Balaban J connectivity index is 1.58. The number of piperidine rings is 1. The molecular formula is C20H29N3O6S. The summed E-state index contributed by atoms with van der Waals surface area (Å²) in [6.45, 7) is 4.04. The van der Waals surface area contributed by atoms with E-state index in [1.54, 1.807) is 14.0 Å². The zero-order valence-corrected chi connectivity index (χ0v) is 18.5. The van der Waals surface area contributed by atoms with Crippen molar-refractivity contribution in [3.05, 3.63) is 11.1 Å². The predicted octanol–water partition coefficient (Wildman–Crippen LogP) is 1.41. The van der Waals surface area contributed by atoms with Crippen molar-refractivity contribution in [1.29, 1.82) is 0 Å². The van der Waals surface area contributed by atoms with Gasteiger partial charge in [0.25, 0.3) is 0 Å². The Hall–Kier alpha value is -2.04. The number of rotatable bonds is 5. The lowest BCUT2D eigenvalue weighted by Gasteiger charge is -2.32. The summed E-state index contributed by atoms with van der Waals surface area (Å²) in [5.74, 6) is 1.46. The highest BCUT2D eigenvalue weighted by Crippen LogP contribution is 2.52. The number of nitrogens with one attached hydrogen (secondary N) is 1. The minimum atomic E-state index is -3.22. The van der Waals surface area contributed by atoms with Crippen LogP contribution < -0.4 is 19.5 Å². The Bertz CT molecular complexity index is 941. The van der Waals surface area contributed by atoms with E-state index in [9.17, 15) is 13.2 Å². The van der Waals surface area contributed by atoms with Crippen molar-refractivity contribution in [3.8, 4) is 17.2 Å². The fraction of sp³-hybridized carbons (Fsp3) is 0.650. The maximum Gasteiger partial charge on any atom is 0.231 e. The van der Waals surface area contributed by atoms with Gasteiger partial charge in [-0.25, -0.2) is 12.7 Å². The van der Waals surface area contributed by atoms with Gasteiger partial charge in [-0.1, -0.05) is 0 Å². The lowest BCUT2D eigenvalue weighted by atomic mass is 9.93. The van der Waals surface area contributed by atoms with Crippen molar-refractivity contribution < 1.29 is 27.4 Å². The van der Waals surface area contributed by atoms with E-state index in [0.717, 1.165) is 24.1 Å². The third kappa shape index (κ3) is 3.72. The molecule has 4 rings (SSSR count). The van der Waals surface area contributed by atoms with Crippen LogP contribution in [0.1, 0.15) is 30.9 Å². The van der Waals surface area contributed by atoms with Crippen LogP contribution in [0.25, 0.3) is 0 Å². The summed E-state index contributed by atoms with van der Waals surface area (Å²) in [7, 11) is 0.443. The first-order valence-electron chi connectivity index (χ1n) is 10.3. The number of methoxy groups -OCH3 is 1. The number of amides is 1. The highest BCUT2D eigenvalue weighted by atomic mass is 32.2. The molecule has 3 aliphatic rings. The van der Waals surface area contributed by atoms with Crippen LogP contribution in [-0.4, -0.2) is 69.9 Å². The zero-order chi connectivity index (χ0) is 21.5. The van der Waals surface area contributed by atoms with Crippen LogP contribution in [-0.2, 0) is 27.8 Å². The standard InChI is InChI=1S/C20H29N3O6S/c1-4-30(25,26)23-9-5-13(6-10-23)20(24)21-16-14-7-8-22(2)11-15(14)17(27-3)19-18(16)28-12-29-19/h13H,4-12H2,1-3H3,(H,21,24). The first kappa shape index (κ1) is 21.2. The highest BCUT2D eigenvalue weighted by molar-refractivity contribution is 7.89. The topological polar surface area (TPSA) is 97.4 Å². The normalized spacial score (nSPS) is 20.1. The number of hydrogen-bond acceptors (Lipinski definition) is 7. The minimum Gasteiger partial charge on any atom is -0.492 e. The zero-order valence-electron chi connectivity index (χ0n) is 17.7. The number of fused-ring (bicyclic) bond motifs is 2. The molecule has 1 N–H and O–H groups in total. The quantitative estimate of drug-likeness (QED) is 0.741. The van der Waals surface area contributed by atoms with Crippen LogP contribution in [0.3, 0.4) is 0 Å². The van der Waals surface area contributed by atoms with Crippen LogP contribution in [0.5, 0.6) is 17.2 Å². The molecule has 10 heteroatoms. The molecule has 0 atom stereocenters. The molecule has 1 saturated heterocycles. The van der Waals surface area contributed by atoms with E-state index in [4.69, 9.17) is 14.2 Å². The van der Waals surface area contributed by atoms with Gasteiger partial charge in [-0.15, -0.1) is 0 Å². The minimum absolute atomic E-state index is 0.0831. The fourth-order valence-corrected chi connectivity index (χ4v) is 5.57. The fourth-order valence-electron chi connectivity index (χ4n) is 4.44. The number of carbonyl (C=O) groups is 1. The van der Waals surface area contributed by atoms with Crippen LogP contribution in [0, 0.1) is 5.92 Å². The SMILES string of the molecule is CCS(=O)(=O)N1CCC(C(=O)Nc2c3c(c(OC)c4c2OCO4)CN(C)CC3)CC1. The Kier molecular flexibility index (Phi) is 5.82. The number of benzene rings is 1. The molecule has 3 aliphatic heterocycles. The molecule has 0 aromatic heterocycles. The van der Waals surface area contributed by atoms with Crippen LogP contribution in [0.2, 0.25) is 0 Å². The summed E-state index contributed by atoms with van der Waals surface area (Å²) in [6.07, 6.45) is 1.78. The van der Waals surface area contributed by atoms with Crippen LogP contribution in [0.15, 0.2) is 0 Å². The number of nitrogens with zero attached hydrogens (tertiary/aromatic N) is 2. The van der Waals surface area contributed by atoms with Gasteiger partial charge in [-0.2, -0.15) is 0 Å². The van der Waals surface area contributed by atoms with E-state index in [1.807, 2.05) is 7.05 Å². The molecule has 3 heterocycles. The number of likely N-dealkylation sites (N-methyl/N-ethyl adjacent to an activating group) is 1. The summed E-state index contributed by atoms with van der Waals surface area (Å²) in [4.78, 5) is 15.3. The van der Waals surface area contributed by atoms with Gasteiger partial charge in [0.2, 0.25) is 28.5 Å². The molecule has 1 aromatic carbocycles. The van der Waals surface area contributed by atoms with Gasteiger partial charge in [-0.05, 0) is 38.8 Å². The van der Waals surface area contributed by atoms with Gasteiger partial charge in [0.1, 0.15) is 0 Å². The molecule has 0 spiro atoms. The van der Waals surface area contributed by atoms with E-state index < -0.39 is 10.0 Å². The summed E-state index contributed by atoms with van der Waals surface area (Å²) in [5, 5.41) is 3.09. The van der Waals surface area contributed by atoms with Crippen molar-refractivity contribution in [2.45, 2.75) is 32.7 Å². The second kappa shape index (κ2) is 8.24. The number of ether oxygens (including phenoxy) is 3. The molecule has 0 unspecified atom stereocenters. The van der Waals surface area contributed by atoms with Gasteiger partial charge in [0.15, 0.2) is 11.5 Å². The van der Waals surface area contributed by atoms with Crippen molar-refractivity contribution in [2.75, 3.05) is 51.7 Å². The third-order valence-electron chi connectivity index (χ3n) is 6.19. The number of carbonyl (C=O) groups excluding carboxylic acids is 1. The molecule has 30 heavy (non-hydrogen) atoms. The van der Waals surface area contributed by atoms with Gasteiger partial charge in [0, 0.05) is 37.7 Å². The monoisotopic (exact) mass is 439 g/mol. The van der Waals surface area contributed by atoms with Crippen molar-refractivity contribution in [1.82, 2.24) is 9.21 Å². The van der Waals surface area contributed by atoms with E-state index in [-0.39, 0.29) is 24.4 Å². The predicted molar refractivity (Wildman–Crippen MR) is 112 cm³/mol. The number of hydrogen-bond donors (Lipinski definition) is 1. The highest BCUT2D eigenvalue weighted by Gasteiger charge is 2.35. The molecule has 0 saturated carbocycles. The van der Waals surface area contributed by atoms with Gasteiger partial charge in [0.05, 0.1) is 18.6 Å². The van der Waals surface area contributed by atoms with E-state index in [2.05, 4.69) is 10.2 Å². The third-order valence-corrected chi connectivity index (χ3v) is 8.07. The largest absolute Gasteiger partial charge is 0.492 e. The molecule has 1 fully saturated rings. The summed E-state index contributed by atoms with van der Waals surface area (Å²) in [6, 6.07) is 0. The second-order valence-corrected chi connectivity index (χ2v) is 10.2. The van der Waals surface area contributed by atoms with Crippen molar-refractivity contribution >= 4 is 21.6 Å². The van der Waals surface area contributed by atoms with Crippen molar-refractivity contribution in [3.63, 3.8) is 0 Å². The van der Waals surface area contributed by atoms with E-state index in [0.29, 0.717) is 55.4 Å². The molecule has 9 nitrogen and oxygen atoms in total. The first-order chi connectivity index (χ1) is 14.4. The molecule has 0 radical (unpaired) electrons. The van der Waals surface area contributed by atoms with Crippen molar-refractivity contribution in [2.24, 2.45) is 5.92 Å². The molecule has 1 amide bonds. The Morgan fingerprint density at radius 1 is 1.17 bits per heavy atom. The van der Waals surface area contributed by atoms with Crippen LogP contribution >= 0.6 is 0 Å². The second-order valence-electron chi connectivity index (χ2n) is 7.98. The lowest BCUT2D eigenvalue weighted by molar-refractivity contribution is -0.120. The maximum atomic E-state index is 13.1. The maximum absolute atomic E-state index is 13.1. The van der Waals surface area contributed by atoms with Gasteiger partial charge in [-0.3, -0.25) is 4.79 Å². The van der Waals surface area contributed by atoms with Crippen LogP contribution in [0.4, 0.5) is 5.69 Å². The first-order valence-corrected chi connectivity index (χ1v) is 11.9. The summed E-state index contributed by atoms with van der Waals surface area (Å²) in [5.41, 5.74) is 2.70. The molecule has 166 valence electrons. The summed E-state index contributed by atoms with van der Waals surface area (Å²) < 4.78 is 42.6.